The number of hydrogen-bond acceptors (Lipinski definition) is 3. The molecule has 1 N–H and O–H groups in total. The highest BCUT2D eigenvalue weighted by Crippen LogP contribution is 2.12. The Morgan fingerprint density at radius 3 is 2.31 bits per heavy atom. The fourth-order valence-electron chi connectivity index (χ4n) is 1.31. The van der Waals surface area contributed by atoms with Gasteiger partial charge in [-0.2, -0.15) is 0 Å². The molecule has 6 heteroatoms. The molecule has 1 radical (unpaired) electrons. The van der Waals surface area contributed by atoms with Gasteiger partial charge in [0.1, 0.15) is 5.25 Å². The Hall–Kier alpha value is -1.27. The van der Waals surface area contributed by atoms with Crippen molar-refractivity contribution in [1.29, 1.82) is 0 Å². The summed E-state index contributed by atoms with van der Waals surface area (Å²) >= 11 is 0. The Morgan fingerprint density at radius 1 is 1.31 bits per heavy atom. The van der Waals surface area contributed by atoms with Gasteiger partial charge in [-0.15, -0.1) is 5.14 Å². The molecular formula is C10H11FNO3S. The van der Waals surface area contributed by atoms with Gasteiger partial charge in [-0.3, -0.25) is 9.18 Å². The summed E-state index contributed by atoms with van der Waals surface area (Å²) in [7, 11) is -4.31. The van der Waals surface area contributed by atoms with E-state index in [0.29, 0.717) is 0 Å². The smallest absolute Gasteiger partial charge is 0.235 e. The Bertz CT molecular complexity index is 458. The standard InChI is InChI=1S/C10H11FNO3S/c11-7-6-9(16(12,14)15)10(13)8-4-2-1-3-5-8/h1-5,9,12H,6-7H2. The minimum atomic E-state index is -4.31. The molecule has 1 aromatic rings. The average molecular weight is 244 g/mol. The van der Waals surface area contributed by atoms with Crippen molar-refractivity contribution in [3.8, 4) is 0 Å². The van der Waals surface area contributed by atoms with Gasteiger partial charge in [0.2, 0.25) is 10.0 Å². The van der Waals surface area contributed by atoms with Crippen molar-refractivity contribution >= 4 is 15.8 Å². The number of carbonyl (C=O) groups is 1. The van der Waals surface area contributed by atoms with Crippen LogP contribution in [-0.4, -0.2) is 26.1 Å². The third-order valence-electron chi connectivity index (χ3n) is 2.10. The van der Waals surface area contributed by atoms with Crippen LogP contribution in [0.5, 0.6) is 0 Å². The molecule has 0 heterocycles. The maximum atomic E-state index is 12.1. The van der Waals surface area contributed by atoms with Crippen LogP contribution < -0.4 is 5.14 Å². The van der Waals surface area contributed by atoms with E-state index in [1.807, 2.05) is 0 Å². The first-order valence-electron chi connectivity index (χ1n) is 4.60. The number of benzene rings is 1. The summed E-state index contributed by atoms with van der Waals surface area (Å²) in [6.07, 6.45) is -0.473. The molecule has 0 saturated carbocycles. The average Bonchev–Trinajstić information content (AvgIpc) is 2.25. The summed E-state index contributed by atoms with van der Waals surface area (Å²) in [6, 6.07) is 7.72. The monoisotopic (exact) mass is 244 g/mol. The van der Waals surface area contributed by atoms with Crippen LogP contribution in [0.2, 0.25) is 0 Å². The number of sulfonamides is 1. The lowest BCUT2D eigenvalue weighted by Crippen LogP contribution is -2.31. The van der Waals surface area contributed by atoms with E-state index in [-0.39, 0.29) is 5.56 Å². The molecule has 0 bridgehead atoms. The highest BCUT2D eigenvalue weighted by Gasteiger charge is 2.30. The number of halogens is 1. The van der Waals surface area contributed by atoms with Crippen LogP contribution in [0.15, 0.2) is 30.3 Å². The van der Waals surface area contributed by atoms with Crippen LogP contribution in [-0.2, 0) is 10.0 Å². The first-order chi connectivity index (χ1) is 7.46. The van der Waals surface area contributed by atoms with Crippen molar-refractivity contribution in [3.63, 3.8) is 0 Å². The normalized spacial score (nSPS) is 13.4. The molecule has 0 aliphatic rings. The van der Waals surface area contributed by atoms with Crippen LogP contribution in [0.3, 0.4) is 0 Å². The molecule has 1 unspecified atom stereocenters. The van der Waals surface area contributed by atoms with Crippen LogP contribution in [0.25, 0.3) is 0 Å². The minimum Gasteiger partial charge on any atom is -0.293 e. The Morgan fingerprint density at radius 2 is 1.88 bits per heavy atom. The number of nitrogens with one attached hydrogen (secondary N) is 1. The van der Waals surface area contributed by atoms with E-state index >= 15 is 0 Å². The number of Topliss-reactive ketones (excluding diaryl/α,β-unsaturated/α-hetero) is 1. The van der Waals surface area contributed by atoms with Crippen molar-refractivity contribution in [2.24, 2.45) is 0 Å². The summed E-state index contributed by atoms with van der Waals surface area (Å²) < 4.78 is 34.2. The molecule has 0 saturated heterocycles. The predicted octanol–water partition coefficient (Wildman–Crippen LogP) is 1.21. The van der Waals surface area contributed by atoms with Gasteiger partial charge >= 0.3 is 0 Å². The second-order valence-electron chi connectivity index (χ2n) is 3.24. The SMILES string of the molecule is [NH]S(=O)(=O)C(CCF)C(=O)c1ccccc1. The number of ketones is 1. The van der Waals surface area contributed by atoms with Gasteiger partial charge in [-0.05, 0) is 0 Å². The number of rotatable bonds is 5. The predicted molar refractivity (Wildman–Crippen MR) is 57.2 cm³/mol. The maximum Gasteiger partial charge on any atom is 0.235 e. The van der Waals surface area contributed by atoms with Gasteiger partial charge in [0.25, 0.3) is 0 Å². The second kappa shape index (κ2) is 5.18. The fraction of sp³-hybridized carbons (Fsp3) is 0.300. The van der Waals surface area contributed by atoms with E-state index in [4.69, 9.17) is 5.14 Å². The molecule has 0 spiro atoms. The molecule has 0 aliphatic heterocycles. The van der Waals surface area contributed by atoms with Crippen molar-refractivity contribution in [2.75, 3.05) is 6.67 Å². The van der Waals surface area contributed by atoms with Crippen molar-refractivity contribution in [2.45, 2.75) is 11.7 Å². The topological polar surface area (TPSA) is 75.0 Å². The zero-order valence-electron chi connectivity index (χ0n) is 8.39. The lowest BCUT2D eigenvalue weighted by Gasteiger charge is -2.10. The van der Waals surface area contributed by atoms with Crippen LogP contribution in [0.4, 0.5) is 4.39 Å². The second-order valence-corrected chi connectivity index (χ2v) is 4.90. The van der Waals surface area contributed by atoms with E-state index in [0.717, 1.165) is 0 Å². The van der Waals surface area contributed by atoms with Crippen molar-refractivity contribution in [1.82, 2.24) is 5.14 Å². The van der Waals surface area contributed by atoms with Gasteiger partial charge in [-0.1, -0.05) is 30.3 Å². The van der Waals surface area contributed by atoms with Gasteiger partial charge in [0.15, 0.2) is 5.78 Å². The zero-order valence-corrected chi connectivity index (χ0v) is 9.21. The molecule has 0 fully saturated rings. The summed E-state index contributed by atoms with van der Waals surface area (Å²) in [6.45, 7) is -0.943. The van der Waals surface area contributed by atoms with Gasteiger partial charge in [-0.25, -0.2) is 8.42 Å². The molecule has 16 heavy (non-hydrogen) atoms. The number of carbonyl (C=O) groups excluding carboxylic acids is 1. The summed E-state index contributed by atoms with van der Waals surface area (Å²) in [5.41, 5.74) is 0.178. The zero-order chi connectivity index (χ0) is 12.2. The molecule has 0 aromatic heterocycles. The van der Waals surface area contributed by atoms with Crippen LogP contribution in [0, 0.1) is 0 Å². The first-order valence-corrected chi connectivity index (χ1v) is 6.15. The lowest BCUT2D eigenvalue weighted by molar-refractivity contribution is 0.0981. The third-order valence-corrected chi connectivity index (χ3v) is 3.30. The molecule has 87 valence electrons. The van der Waals surface area contributed by atoms with E-state index in [9.17, 15) is 17.6 Å². The van der Waals surface area contributed by atoms with E-state index in [1.165, 1.54) is 12.1 Å². The van der Waals surface area contributed by atoms with Gasteiger partial charge in [0.05, 0.1) is 6.67 Å². The minimum absolute atomic E-state index is 0.178. The fourth-order valence-corrected chi connectivity index (χ4v) is 2.13. The summed E-state index contributed by atoms with van der Waals surface area (Å²) in [4.78, 5) is 11.7. The number of hydrogen-bond donors (Lipinski definition) is 0. The Labute approximate surface area is 93.3 Å². The lowest BCUT2D eigenvalue weighted by atomic mass is 10.1. The molecule has 1 aromatic carbocycles. The van der Waals surface area contributed by atoms with Crippen LogP contribution in [0.1, 0.15) is 16.8 Å². The highest BCUT2D eigenvalue weighted by atomic mass is 32.2. The highest BCUT2D eigenvalue weighted by molar-refractivity contribution is 7.90. The maximum absolute atomic E-state index is 12.1. The largest absolute Gasteiger partial charge is 0.293 e. The molecule has 0 amide bonds. The molecule has 1 rings (SSSR count). The van der Waals surface area contributed by atoms with Crippen molar-refractivity contribution in [3.05, 3.63) is 35.9 Å². The summed E-state index contributed by atoms with van der Waals surface area (Å²) in [5, 5.41) is 5.25. The van der Waals surface area contributed by atoms with E-state index < -0.39 is 34.2 Å². The van der Waals surface area contributed by atoms with Crippen LogP contribution >= 0.6 is 0 Å². The molecular weight excluding hydrogens is 233 g/mol. The summed E-state index contributed by atoms with van der Waals surface area (Å²) in [5.74, 6) is -0.728. The first kappa shape index (κ1) is 12.8. The van der Waals surface area contributed by atoms with E-state index in [1.54, 1.807) is 18.2 Å². The quantitative estimate of drug-likeness (QED) is 0.730. The van der Waals surface area contributed by atoms with Gasteiger partial charge < -0.3 is 0 Å². The molecule has 1 atom stereocenters. The third kappa shape index (κ3) is 3.11. The molecule has 0 aliphatic carbocycles. The van der Waals surface area contributed by atoms with Gasteiger partial charge in [0, 0.05) is 12.0 Å². The molecule has 4 nitrogen and oxygen atoms in total. The van der Waals surface area contributed by atoms with Crippen molar-refractivity contribution < 1.29 is 17.6 Å². The van der Waals surface area contributed by atoms with E-state index in [2.05, 4.69) is 0 Å². The number of alkyl halides is 1. The Balaban J connectivity index is 3.02. The Kier molecular flexibility index (Phi) is 4.14.